The molecule has 0 aliphatic carbocycles. The van der Waals surface area contributed by atoms with E-state index in [1.807, 2.05) is 6.92 Å². The van der Waals surface area contributed by atoms with Crippen LogP contribution in [0.1, 0.15) is 21.6 Å². The Morgan fingerprint density at radius 2 is 2.00 bits per heavy atom. The van der Waals surface area contributed by atoms with Crippen molar-refractivity contribution in [3.63, 3.8) is 0 Å². The van der Waals surface area contributed by atoms with Crippen molar-refractivity contribution in [2.75, 3.05) is 5.32 Å². The fraction of sp³-hybridized carbons (Fsp3) is 0.167. The molecule has 1 amide bonds. The van der Waals surface area contributed by atoms with Gasteiger partial charge in [0.2, 0.25) is 0 Å². The van der Waals surface area contributed by atoms with E-state index in [4.69, 9.17) is 23.2 Å². The number of hydrogen-bond acceptors (Lipinski definition) is 2. The molecule has 1 aromatic heterocycles. The molecule has 4 nitrogen and oxygen atoms in total. The Kier molecular flexibility index (Phi) is 3.59. The van der Waals surface area contributed by atoms with Crippen LogP contribution >= 0.6 is 23.2 Å². The molecule has 0 spiro atoms. The van der Waals surface area contributed by atoms with E-state index >= 15 is 0 Å². The van der Waals surface area contributed by atoms with Gasteiger partial charge in [0.15, 0.2) is 0 Å². The molecule has 0 atom stereocenters. The Morgan fingerprint density at radius 3 is 2.61 bits per heavy atom. The zero-order chi connectivity index (χ0) is 13.3. The van der Waals surface area contributed by atoms with E-state index in [0.29, 0.717) is 27.0 Å². The molecule has 2 N–H and O–H groups in total. The van der Waals surface area contributed by atoms with Crippen LogP contribution in [0.3, 0.4) is 0 Å². The van der Waals surface area contributed by atoms with Crippen molar-refractivity contribution in [1.82, 2.24) is 10.2 Å². The number of aromatic nitrogens is 2. The molecule has 0 radical (unpaired) electrons. The summed E-state index contributed by atoms with van der Waals surface area (Å²) in [5.41, 5.74) is 2.52. The van der Waals surface area contributed by atoms with Gasteiger partial charge in [-0.05, 0) is 31.5 Å². The SMILES string of the molecule is Cc1cc(Cl)c(NC(=O)c2cn[nH]c2C)cc1Cl. The van der Waals surface area contributed by atoms with Gasteiger partial charge in [-0.15, -0.1) is 0 Å². The monoisotopic (exact) mass is 283 g/mol. The number of halogens is 2. The van der Waals surface area contributed by atoms with E-state index in [9.17, 15) is 4.79 Å². The molecular formula is C12H11Cl2N3O. The normalized spacial score (nSPS) is 10.4. The summed E-state index contributed by atoms with van der Waals surface area (Å²) in [5, 5.41) is 10.2. The third kappa shape index (κ3) is 2.49. The molecule has 2 rings (SSSR count). The predicted molar refractivity (Wildman–Crippen MR) is 72.5 cm³/mol. The molecule has 0 unspecified atom stereocenters. The topological polar surface area (TPSA) is 57.8 Å². The second-order valence-corrected chi connectivity index (χ2v) is 4.76. The second-order valence-electron chi connectivity index (χ2n) is 3.94. The van der Waals surface area contributed by atoms with Gasteiger partial charge in [0.05, 0.1) is 22.5 Å². The van der Waals surface area contributed by atoms with Gasteiger partial charge in [-0.1, -0.05) is 23.2 Å². The quantitative estimate of drug-likeness (QED) is 0.885. The van der Waals surface area contributed by atoms with Crippen LogP contribution in [0.4, 0.5) is 5.69 Å². The lowest BCUT2D eigenvalue weighted by molar-refractivity contribution is 0.102. The van der Waals surface area contributed by atoms with Crippen LogP contribution in [0.2, 0.25) is 10.0 Å². The minimum atomic E-state index is -0.275. The van der Waals surface area contributed by atoms with Gasteiger partial charge < -0.3 is 5.32 Å². The summed E-state index contributed by atoms with van der Waals surface area (Å²) in [6, 6.07) is 3.34. The largest absolute Gasteiger partial charge is 0.320 e. The summed E-state index contributed by atoms with van der Waals surface area (Å²) < 4.78 is 0. The van der Waals surface area contributed by atoms with Crippen LogP contribution in [0.25, 0.3) is 0 Å². The van der Waals surface area contributed by atoms with Crippen molar-refractivity contribution in [2.24, 2.45) is 0 Å². The molecule has 94 valence electrons. The van der Waals surface area contributed by atoms with E-state index in [2.05, 4.69) is 15.5 Å². The average Bonchev–Trinajstić information content (AvgIpc) is 2.72. The summed E-state index contributed by atoms with van der Waals surface area (Å²) in [4.78, 5) is 12.0. The first-order valence-corrected chi connectivity index (χ1v) is 6.01. The highest BCUT2D eigenvalue weighted by Gasteiger charge is 2.13. The first kappa shape index (κ1) is 12.9. The molecule has 0 aliphatic heterocycles. The fourth-order valence-corrected chi connectivity index (χ4v) is 1.94. The number of benzene rings is 1. The summed E-state index contributed by atoms with van der Waals surface area (Å²) in [6.45, 7) is 3.62. The molecular weight excluding hydrogens is 273 g/mol. The van der Waals surface area contributed by atoms with Crippen molar-refractivity contribution < 1.29 is 4.79 Å². The van der Waals surface area contributed by atoms with E-state index in [1.165, 1.54) is 6.20 Å². The number of carbonyl (C=O) groups is 1. The van der Waals surface area contributed by atoms with Gasteiger partial charge in [-0.25, -0.2) is 0 Å². The number of nitrogens with one attached hydrogen (secondary N) is 2. The maximum atomic E-state index is 12.0. The van der Waals surface area contributed by atoms with Crippen molar-refractivity contribution in [1.29, 1.82) is 0 Å². The summed E-state index contributed by atoms with van der Waals surface area (Å²) in [7, 11) is 0. The second kappa shape index (κ2) is 5.00. The highest BCUT2D eigenvalue weighted by Crippen LogP contribution is 2.29. The van der Waals surface area contributed by atoms with Crippen LogP contribution in [-0.4, -0.2) is 16.1 Å². The number of amides is 1. The zero-order valence-corrected chi connectivity index (χ0v) is 11.4. The number of rotatable bonds is 2. The number of aryl methyl sites for hydroxylation is 2. The highest BCUT2D eigenvalue weighted by molar-refractivity contribution is 6.36. The number of H-pyrrole nitrogens is 1. The van der Waals surface area contributed by atoms with Gasteiger partial charge >= 0.3 is 0 Å². The first-order chi connectivity index (χ1) is 8.49. The highest BCUT2D eigenvalue weighted by atomic mass is 35.5. The van der Waals surface area contributed by atoms with E-state index < -0.39 is 0 Å². The number of carbonyl (C=O) groups excluding carboxylic acids is 1. The maximum absolute atomic E-state index is 12.0. The summed E-state index contributed by atoms with van der Waals surface area (Å²) >= 11 is 12.0. The average molecular weight is 284 g/mol. The van der Waals surface area contributed by atoms with Crippen LogP contribution in [0.5, 0.6) is 0 Å². The molecule has 0 aliphatic rings. The molecule has 1 heterocycles. The number of aromatic amines is 1. The first-order valence-electron chi connectivity index (χ1n) is 5.26. The maximum Gasteiger partial charge on any atom is 0.259 e. The minimum Gasteiger partial charge on any atom is -0.320 e. The van der Waals surface area contributed by atoms with Crippen LogP contribution in [-0.2, 0) is 0 Å². The van der Waals surface area contributed by atoms with Crippen LogP contribution in [0.15, 0.2) is 18.3 Å². The van der Waals surface area contributed by atoms with Gasteiger partial charge in [-0.2, -0.15) is 5.10 Å². The summed E-state index contributed by atoms with van der Waals surface area (Å²) in [6.07, 6.45) is 1.47. The Morgan fingerprint density at radius 1 is 1.28 bits per heavy atom. The number of anilines is 1. The van der Waals surface area contributed by atoms with Crippen molar-refractivity contribution >= 4 is 34.8 Å². The van der Waals surface area contributed by atoms with Gasteiger partial charge in [0.25, 0.3) is 5.91 Å². The lowest BCUT2D eigenvalue weighted by Crippen LogP contribution is -2.12. The molecule has 0 fully saturated rings. The molecule has 0 saturated carbocycles. The third-order valence-electron chi connectivity index (χ3n) is 2.57. The minimum absolute atomic E-state index is 0.275. The lowest BCUT2D eigenvalue weighted by atomic mass is 10.2. The van der Waals surface area contributed by atoms with E-state index in [-0.39, 0.29) is 5.91 Å². The Hall–Kier alpha value is -1.52. The molecule has 18 heavy (non-hydrogen) atoms. The van der Waals surface area contributed by atoms with Gasteiger partial charge in [0.1, 0.15) is 0 Å². The molecule has 0 saturated heterocycles. The van der Waals surface area contributed by atoms with Crippen LogP contribution in [0, 0.1) is 13.8 Å². The van der Waals surface area contributed by atoms with Crippen molar-refractivity contribution in [2.45, 2.75) is 13.8 Å². The van der Waals surface area contributed by atoms with Crippen LogP contribution < -0.4 is 5.32 Å². The smallest absolute Gasteiger partial charge is 0.259 e. The molecule has 0 bridgehead atoms. The van der Waals surface area contributed by atoms with Gasteiger partial charge in [0, 0.05) is 10.7 Å². The predicted octanol–water partition coefficient (Wildman–Crippen LogP) is 3.59. The molecule has 2 aromatic rings. The fourth-order valence-electron chi connectivity index (χ4n) is 1.51. The zero-order valence-electron chi connectivity index (χ0n) is 9.84. The molecule has 1 aromatic carbocycles. The van der Waals surface area contributed by atoms with Crippen molar-refractivity contribution in [3.8, 4) is 0 Å². The van der Waals surface area contributed by atoms with E-state index in [1.54, 1.807) is 19.1 Å². The van der Waals surface area contributed by atoms with Crippen molar-refractivity contribution in [3.05, 3.63) is 45.2 Å². The van der Waals surface area contributed by atoms with E-state index in [0.717, 1.165) is 5.56 Å². The molecule has 6 heteroatoms. The summed E-state index contributed by atoms with van der Waals surface area (Å²) in [5.74, 6) is -0.275. The third-order valence-corrected chi connectivity index (χ3v) is 3.29. The van der Waals surface area contributed by atoms with Gasteiger partial charge in [-0.3, -0.25) is 9.89 Å². The lowest BCUT2D eigenvalue weighted by Gasteiger charge is -2.08. The Labute approximate surface area is 114 Å². The number of nitrogens with zero attached hydrogens (tertiary/aromatic N) is 1. The Bertz CT molecular complexity index is 607. The standard InChI is InChI=1S/C12H11Cl2N3O/c1-6-3-10(14)11(4-9(6)13)16-12(18)8-5-15-17-7(8)2/h3-5H,1-2H3,(H,15,17)(H,16,18). The number of hydrogen-bond donors (Lipinski definition) is 2. The Balaban J connectivity index is 2.28.